The maximum Gasteiger partial charge on any atom is 0.273 e. The van der Waals surface area contributed by atoms with Gasteiger partial charge in [-0.2, -0.15) is 0 Å². The number of hydrogen-bond acceptors (Lipinski definition) is 4. The maximum atomic E-state index is 11.7. The number of carbonyl (C=O) groups excluding carboxylic acids is 1. The number of carbonyl (C=O) groups is 1. The Balaban J connectivity index is 0.00000128. The molecule has 0 radical (unpaired) electrons. The second kappa shape index (κ2) is 5.67. The second-order valence-corrected chi connectivity index (χ2v) is 3.53. The van der Waals surface area contributed by atoms with Gasteiger partial charge in [-0.1, -0.05) is 0 Å². The molecule has 3 N–H and O–H groups in total. The summed E-state index contributed by atoms with van der Waals surface area (Å²) in [6.45, 7) is 1.69. The molecule has 1 aromatic heterocycles. The SMILES string of the molecule is Cl.O=C(NC1CCNC1)c1ncccc1O. The van der Waals surface area contributed by atoms with Crippen LogP contribution in [-0.4, -0.2) is 35.1 Å². The number of aromatic nitrogens is 1. The van der Waals surface area contributed by atoms with E-state index in [0.717, 1.165) is 19.5 Å². The summed E-state index contributed by atoms with van der Waals surface area (Å²) in [4.78, 5) is 15.5. The van der Waals surface area contributed by atoms with Gasteiger partial charge in [0.15, 0.2) is 5.69 Å². The van der Waals surface area contributed by atoms with Crippen molar-refractivity contribution in [3.8, 4) is 5.75 Å². The fourth-order valence-corrected chi connectivity index (χ4v) is 1.60. The number of halogens is 1. The number of amides is 1. The van der Waals surface area contributed by atoms with Gasteiger partial charge >= 0.3 is 0 Å². The zero-order valence-corrected chi connectivity index (χ0v) is 9.46. The number of rotatable bonds is 2. The van der Waals surface area contributed by atoms with E-state index in [1.807, 2.05) is 0 Å². The zero-order chi connectivity index (χ0) is 10.7. The van der Waals surface area contributed by atoms with E-state index in [2.05, 4.69) is 15.6 Å². The molecule has 0 spiro atoms. The third kappa shape index (κ3) is 2.84. The summed E-state index contributed by atoms with van der Waals surface area (Å²) in [5.74, 6) is -0.400. The highest BCUT2D eigenvalue weighted by Crippen LogP contribution is 2.12. The highest BCUT2D eigenvalue weighted by Gasteiger charge is 2.19. The minimum atomic E-state index is -0.318. The normalized spacial score (nSPS) is 18.9. The summed E-state index contributed by atoms with van der Waals surface area (Å²) in [5.41, 5.74) is 0.0874. The molecule has 1 aliphatic heterocycles. The van der Waals surface area contributed by atoms with E-state index in [0.29, 0.717) is 0 Å². The third-order valence-corrected chi connectivity index (χ3v) is 2.40. The third-order valence-electron chi connectivity index (χ3n) is 2.40. The van der Waals surface area contributed by atoms with Crippen LogP contribution in [0.1, 0.15) is 16.9 Å². The lowest BCUT2D eigenvalue weighted by Crippen LogP contribution is -2.36. The van der Waals surface area contributed by atoms with Gasteiger partial charge in [0.25, 0.3) is 5.91 Å². The summed E-state index contributed by atoms with van der Waals surface area (Å²) in [6, 6.07) is 3.18. The van der Waals surface area contributed by atoms with Crippen molar-refractivity contribution in [1.29, 1.82) is 0 Å². The van der Waals surface area contributed by atoms with Crippen molar-refractivity contribution in [2.24, 2.45) is 0 Å². The molecule has 1 aromatic rings. The molecule has 0 aliphatic carbocycles. The lowest BCUT2D eigenvalue weighted by atomic mass is 10.2. The first-order valence-corrected chi connectivity index (χ1v) is 4.93. The molecule has 2 rings (SSSR count). The van der Waals surface area contributed by atoms with Crippen LogP contribution in [0.2, 0.25) is 0 Å². The average Bonchev–Trinajstić information content (AvgIpc) is 2.71. The van der Waals surface area contributed by atoms with Crippen molar-refractivity contribution in [2.75, 3.05) is 13.1 Å². The number of aromatic hydroxyl groups is 1. The van der Waals surface area contributed by atoms with E-state index in [9.17, 15) is 9.90 Å². The molecule has 6 heteroatoms. The molecular formula is C10H14ClN3O2. The Bertz CT molecular complexity index is 367. The molecule has 16 heavy (non-hydrogen) atoms. The molecule has 0 saturated carbocycles. The smallest absolute Gasteiger partial charge is 0.273 e. The minimum absolute atomic E-state index is 0. The van der Waals surface area contributed by atoms with Gasteiger partial charge in [-0.05, 0) is 25.1 Å². The molecule has 1 fully saturated rings. The van der Waals surface area contributed by atoms with Crippen molar-refractivity contribution in [3.63, 3.8) is 0 Å². The summed E-state index contributed by atoms with van der Waals surface area (Å²) in [5, 5.41) is 15.4. The van der Waals surface area contributed by atoms with E-state index < -0.39 is 0 Å². The predicted molar refractivity (Wildman–Crippen MR) is 61.9 cm³/mol. The topological polar surface area (TPSA) is 74.2 Å². The van der Waals surface area contributed by atoms with Crippen LogP contribution in [0.3, 0.4) is 0 Å². The van der Waals surface area contributed by atoms with Crippen LogP contribution in [0, 0.1) is 0 Å². The molecule has 0 bridgehead atoms. The summed E-state index contributed by atoms with van der Waals surface area (Å²) >= 11 is 0. The van der Waals surface area contributed by atoms with Gasteiger partial charge in [0.05, 0.1) is 0 Å². The van der Waals surface area contributed by atoms with Gasteiger partial charge < -0.3 is 15.7 Å². The first-order chi connectivity index (χ1) is 7.27. The van der Waals surface area contributed by atoms with Crippen molar-refractivity contribution in [1.82, 2.24) is 15.6 Å². The largest absolute Gasteiger partial charge is 0.505 e. The first-order valence-electron chi connectivity index (χ1n) is 4.93. The van der Waals surface area contributed by atoms with Crippen LogP contribution in [0.25, 0.3) is 0 Å². The van der Waals surface area contributed by atoms with Gasteiger partial charge in [-0.3, -0.25) is 4.79 Å². The molecule has 5 nitrogen and oxygen atoms in total. The molecule has 0 aromatic carbocycles. The highest BCUT2D eigenvalue weighted by atomic mass is 35.5. The Morgan fingerprint density at radius 2 is 2.44 bits per heavy atom. The Morgan fingerprint density at radius 1 is 1.62 bits per heavy atom. The molecule has 1 unspecified atom stereocenters. The van der Waals surface area contributed by atoms with Crippen LogP contribution >= 0.6 is 12.4 Å². The number of nitrogens with one attached hydrogen (secondary N) is 2. The molecule has 1 amide bonds. The van der Waals surface area contributed by atoms with Crippen LogP contribution in [0.5, 0.6) is 5.75 Å². The van der Waals surface area contributed by atoms with Gasteiger partial charge in [0.2, 0.25) is 0 Å². The second-order valence-electron chi connectivity index (χ2n) is 3.53. The van der Waals surface area contributed by atoms with Gasteiger partial charge in [0, 0.05) is 18.8 Å². The first kappa shape index (κ1) is 12.7. The monoisotopic (exact) mass is 243 g/mol. The highest BCUT2D eigenvalue weighted by molar-refractivity contribution is 5.94. The maximum absolute atomic E-state index is 11.7. The van der Waals surface area contributed by atoms with Crippen molar-refractivity contribution in [3.05, 3.63) is 24.0 Å². The molecule has 88 valence electrons. The Hall–Kier alpha value is -1.33. The van der Waals surface area contributed by atoms with Crippen molar-refractivity contribution >= 4 is 18.3 Å². The molecule has 2 heterocycles. The number of pyridine rings is 1. The van der Waals surface area contributed by atoms with Crippen LogP contribution < -0.4 is 10.6 Å². The Kier molecular flexibility index (Phi) is 4.52. The molecule has 1 saturated heterocycles. The lowest BCUT2D eigenvalue weighted by molar-refractivity contribution is 0.0932. The molecule has 1 aliphatic rings. The fraction of sp³-hybridized carbons (Fsp3) is 0.400. The average molecular weight is 244 g/mol. The molecule has 1 atom stereocenters. The van der Waals surface area contributed by atoms with Crippen LogP contribution in [0.15, 0.2) is 18.3 Å². The predicted octanol–water partition coefficient (Wildman–Crippen LogP) is 0.301. The Labute approximate surface area is 99.7 Å². The zero-order valence-electron chi connectivity index (χ0n) is 8.64. The van der Waals surface area contributed by atoms with E-state index in [-0.39, 0.29) is 35.8 Å². The molecular weight excluding hydrogens is 230 g/mol. The van der Waals surface area contributed by atoms with Gasteiger partial charge in [-0.15, -0.1) is 12.4 Å². The lowest BCUT2D eigenvalue weighted by Gasteiger charge is -2.10. The number of hydrogen-bond donors (Lipinski definition) is 3. The summed E-state index contributed by atoms with van der Waals surface area (Å²) in [7, 11) is 0. The van der Waals surface area contributed by atoms with E-state index in [4.69, 9.17) is 0 Å². The van der Waals surface area contributed by atoms with E-state index >= 15 is 0 Å². The van der Waals surface area contributed by atoms with Crippen molar-refractivity contribution < 1.29 is 9.90 Å². The van der Waals surface area contributed by atoms with E-state index in [1.54, 1.807) is 6.07 Å². The van der Waals surface area contributed by atoms with Gasteiger partial charge in [0.1, 0.15) is 5.75 Å². The quantitative estimate of drug-likeness (QED) is 0.699. The fourth-order valence-electron chi connectivity index (χ4n) is 1.60. The standard InChI is InChI=1S/C10H13N3O2.ClH/c14-8-2-1-4-12-9(8)10(15)13-7-3-5-11-6-7;/h1-2,4,7,11,14H,3,5-6H2,(H,13,15);1H. The van der Waals surface area contributed by atoms with Gasteiger partial charge in [-0.25, -0.2) is 4.98 Å². The minimum Gasteiger partial charge on any atom is -0.505 e. The van der Waals surface area contributed by atoms with Crippen molar-refractivity contribution in [2.45, 2.75) is 12.5 Å². The van der Waals surface area contributed by atoms with Crippen LogP contribution in [-0.2, 0) is 0 Å². The van der Waals surface area contributed by atoms with E-state index in [1.165, 1.54) is 12.3 Å². The summed E-state index contributed by atoms with van der Waals surface area (Å²) < 4.78 is 0. The van der Waals surface area contributed by atoms with Crippen LogP contribution in [0.4, 0.5) is 0 Å². The number of nitrogens with zero attached hydrogens (tertiary/aromatic N) is 1. The Morgan fingerprint density at radius 3 is 3.06 bits per heavy atom. The summed E-state index contributed by atoms with van der Waals surface area (Å²) in [6.07, 6.45) is 2.40.